The van der Waals surface area contributed by atoms with E-state index in [1.54, 1.807) is 24.3 Å². The summed E-state index contributed by atoms with van der Waals surface area (Å²) in [5, 5.41) is 13.3. The highest BCUT2D eigenvalue weighted by Gasteiger charge is 2.13. The van der Waals surface area contributed by atoms with Gasteiger partial charge in [0.25, 0.3) is 0 Å². The monoisotopic (exact) mass is 280 g/mol. The zero-order valence-corrected chi connectivity index (χ0v) is 11.5. The molecule has 0 aromatic heterocycles. The average molecular weight is 280 g/mol. The third kappa shape index (κ3) is 3.11. The van der Waals surface area contributed by atoms with E-state index in [1.165, 1.54) is 11.1 Å². The summed E-state index contributed by atoms with van der Waals surface area (Å²) in [5.74, 6) is -0.920. The van der Waals surface area contributed by atoms with Gasteiger partial charge in [-0.3, -0.25) is 5.43 Å². The maximum Gasteiger partial charge on any atom is 0.335 e. The Bertz CT molecular complexity index is 690. The molecule has 0 amide bonds. The van der Waals surface area contributed by atoms with Gasteiger partial charge in [0.2, 0.25) is 0 Å². The fraction of sp³-hybridized carbons (Fsp3) is 0.176. The standard InChI is InChI=1S/C17H16N2O2/c20-17(21)13-6-8-15(9-7-13)18-19-16-10-5-12-3-1-2-4-14(12)11-16/h1-4,6-9,18H,5,10-11H2,(H,20,21)/b19-16+. The minimum atomic E-state index is -0.920. The Kier molecular flexibility index (Phi) is 3.69. The maximum atomic E-state index is 10.8. The van der Waals surface area contributed by atoms with Crippen LogP contribution in [0, 0.1) is 0 Å². The predicted octanol–water partition coefficient (Wildman–Crippen LogP) is 3.34. The molecule has 2 aromatic carbocycles. The van der Waals surface area contributed by atoms with Gasteiger partial charge in [-0.05, 0) is 48.2 Å². The number of nitrogens with zero attached hydrogens (tertiary/aromatic N) is 1. The van der Waals surface area contributed by atoms with Crippen molar-refractivity contribution in [2.24, 2.45) is 5.10 Å². The van der Waals surface area contributed by atoms with Gasteiger partial charge in [-0.1, -0.05) is 24.3 Å². The van der Waals surface area contributed by atoms with Crippen LogP contribution >= 0.6 is 0 Å². The van der Waals surface area contributed by atoms with Crippen molar-refractivity contribution < 1.29 is 9.90 Å². The molecule has 0 saturated carbocycles. The fourth-order valence-electron chi connectivity index (χ4n) is 2.49. The number of aryl methyl sites for hydroxylation is 1. The molecular weight excluding hydrogens is 264 g/mol. The van der Waals surface area contributed by atoms with Gasteiger partial charge in [-0.2, -0.15) is 5.10 Å². The Labute approximate surface area is 123 Å². The Morgan fingerprint density at radius 3 is 2.43 bits per heavy atom. The van der Waals surface area contributed by atoms with Gasteiger partial charge in [0.15, 0.2) is 0 Å². The second-order valence-corrected chi connectivity index (χ2v) is 5.12. The number of rotatable bonds is 3. The number of nitrogens with one attached hydrogen (secondary N) is 1. The highest BCUT2D eigenvalue weighted by Crippen LogP contribution is 2.19. The number of benzene rings is 2. The van der Waals surface area contributed by atoms with Crippen molar-refractivity contribution in [2.75, 3.05) is 5.43 Å². The number of hydrogen-bond acceptors (Lipinski definition) is 3. The summed E-state index contributed by atoms with van der Waals surface area (Å²) in [4.78, 5) is 10.8. The van der Waals surface area contributed by atoms with Crippen LogP contribution in [0.25, 0.3) is 0 Å². The van der Waals surface area contributed by atoms with Crippen LogP contribution in [0.1, 0.15) is 27.9 Å². The van der Waals surface area contributed by atoms with Crippen molar-refractivity contribution in [1.29, 1.82) is 0 Å². The van der Waals surface area contributed by atoms with E-state index in [0.29, 0.717) is 0 Å². The quantitative estimate of drug-likeness (QED) is 0.848. The molecule has 0 heterocycles. The first-order valence-electron chi connectivity index (χ1n) is 6.94. The number of carboxylic acid groups (broad SMARTS) is 1. The molecule has 106 valence electrons. The molecular formula is C17H16N2O2. The number of hydrogen-bond donors (Lipinski definition) is 2. The molecule has 0 bridgehead atoms. The second kappa shape index (κ2) is 5.79. The van der Waals surface area contributed by atoms with Crippen molar-refractivity contribution in [1.82, 2.24) is 0 Å². The largest absolute Gasteiger partial charge is 0.478 e. The van der Waals surface area contributed by atoms with E-state index < -0.39 is 5.97 Å². The number of fused-ring (bicyclic) bond motifs is 1. The molecule has 0 spiro atoms. The molecule has 0 unspecified atom stereocenters. The molecule has 0 radical (unpaired) electrons. The number of anilines is 1. The van der Waals surface area contributed by atoms with E-state index in [4.69, 9.17) is 5.11 Å². The lowest BCUT2D eigenvalue weighted by molar-refractivity contribution is 0.0697. The Hall–Kier alpha value is -2.62. The topological polar surface area (TPSA) is 61.7 Å². The Morgan fingerprint density at radius 1 is 1.00 bits per heavy atom. The molecule has 21 heavy (non-hydrogen) atoms. The van der Waals surface area contributed by atoms with Gasteiger partial charge in [0.05, 0.1) is 11.3 Å². The van der Waals surface area contributed by atoms with Crippen molar-refractivity contribution in [3.8, 4) is 0 Å². The lowest BCUT2D eigenvalue weighted by Gasteiger charge is -2.17. The van der Waals surface area contributed by atoms with Crippen LogP contribution in [-0.4, -0.2) is 16.8 Å². The zero-order chi connectivity index (χ0) is 14.7. The minimum Gasteiger partial charge on any atom is -0.478 e. The van der Waals surface area contributed by atoms with Gasteiger partial charge < -0.3 is 5.11 Å². The number of carbonyl (C=O) groups is 1. The van der Waals surface area contributed by atoms with Crippen LogP contribution in [0.15, 0.2) is 53.6 Å². The molecule has 1 aliphatic carbocycles. The summed E-state index contributed by atoms with van der Waals surface area (Å²) in [7, 11) is 0. The van der Waals surface area contributed by atoms with Gasteiger partial charge in [0.1, 0.15) is 0 Å². The van der Waals surface area contributed by atoms with Crippen molar-refractivity contribution in [2.45, 2.75) is 19.3 Å². The SMILES string of the molecule is O=C(O)c1ccc(N/N=C2\CCc3ccccc3C2)cc1. The predicted molar refractivity (Wildman–Crippen MR) is 82.9 cm³/mol. The summed E-state index contributed by atoms with van der Waals surface area (Å²) < 4.78 is 0. The summed E-state index contributed by atoms with van der Waals surface area (Å²) in [5.41, 5.74) is 7.95. The van der Waals surface area contributed by atoms with Crippen LogP contribution in [0.4, 0.5) is 5.69 Å². The molecule has 2 N–H and O–H groups in total. The van der Waals surface area contributed by atoms with Crippen LogP contribution < -0.4 is 5.43 Å². The summed E-state index contributed by atoms with van der Waals surface area (Å²) in [6.07, 6.45) is 2.85. The number of carboxylic acids is 1. The van der Waals surface area contributed by atoms with Gasteiger partial charge in [-0.15, -0.1) is 0 Å². The normalized spacial score (nSPS) is 15.5. The molecule has 0 fully saturated rings. The zero-order valence-electron chi connectivity index (χ0n) is 11.5. The fourth-order valence-corrected chi connectivity index (χ4v) is 2.49. The van der Waals surface area contributed by atoms with E-state index in [0.717, 1.165) is 30.7 Å². The van der Waals surface area contributed by atoms with E-state index in [1.807, 2.05) is 0 Å². The Balaban J connectivity index is 1.68. The molecule has 4 nitrogen and oxygen atoms in total. The smallest absolute Gasteiger partial charge is 0.335 e. The Morgan fingerprint density at radius 2 is 1.71 bits per heavy atom. The first kappa shape index (κ1) is 13.4. The van der Waals surface area contributed by atoms with E-state index in [2.05, 4.69) is 34.8 Å². The molecule has 2 aromatic rings. The summed E-state index contributed by atoms with van der Waals surface area (Å²) >= 11 is 0. The second-order valence-electron chi connectivity index (χ2n) is 5.12. The molecule has 0 saturated heterocycles. The first-order valence-corrected chi connectivity index (χ1v) is 6.94. The van der Waals surface area contributed by atoms with E-state index in [-0.39, 0.29) is 5.56 Å². The first-order chi connectivity index (χ1) is 10.2. The molecule has 0 atom stereocenters. The van der Waals surface area contributed by atoms with Crippen molar-refractivity contribution in [3.05, 3.63) is 65.2 Å². The van der Waals surface area contributed by atoms with Crippen molar-refractivity contribution >= 4 is 17.4 Å². The number of hydrazone groups is 1. The molecule has 1 aliphatic rings. The lowest BCUT2D eigenvalue weighted by atomic mass is 9.90. The minimum absolute atomic E-state index is 0.278. The van der Waals surface area contributed by atoms with Crippen LogP contribution in [0.3, 0.4) is 0 Å². The van der Waals surface area contributed by atoms with Crippen LogP contribution in [0.5, 0.6) is 0 Å². The van der Waals surface area contributed by atoms with Crippen molar-refractivity contribution in [3.63, 3.8) is 0 Å². The summed E-state index contributed by atoms with van der Waals surface area (Å²) in [6.45, 7) is 0. The van der Waals surface area contributed by atoms with E-state index >= 15 is 0 Å². The summed E-state index contributed by atoms with van der Waals surface area (Å²) in [6, 6.07) is 15.0. The van der Waals surface area contributed by atoms with Crippen LogP contribution in [0.2, 0.25) is 0 Å². The lowest BCUT2D eigenvalue weighted by Crippen LogP contribution is -2.15. The van der Waals surface area contributed by atoms with Crippen LogP contribution in [-0.2, 0) is 12.8 Å². The molecule has 3 rings (SSSR count). The van der Waals surface area contributed by atoms with Gasteiger partial charge in [0, 0.05) is 12.1 Å². The average Bonchev–Trinajstić information content (AvgIpc) is 2.53. The van der Waals surface area contributed by atoms with E-state index in [9.17, 15) is 4.79 Å². The molecule has 4 heteroatoms. The third-order valence-electron chi connectivity index (χ3n) is 3.67. The number of aromatic carboxylic acids is 1. The maximum absolute atomic E-state index is 10.8. The van der Waals surface area contributed by atoms with Gasteiger partial charge in [-0.25, -0.2) is 4.79 Å². The third-order valence-corrected chi connectivity index (χ3v) is 3.67. The van der Waals surface area contributed by atoms with Gasteiger partial charge >= 0.3 is 5.97 Å². The highest BCUT2D eigenvalue weighted by atomic mass is 16.4. The highest BCUT2D eigenvalue weighted by molar-refractivity contribution is 5.89. The molecule has 0 aliphatic heterocycles.